The summed E-state index contributed by atoms with van der Waals surface area (Å²) in [5, 5.41) is 43.2. The van der Waals surface area contributed by atoms with Crippen LogP contribution in [0.25, 0.3) is 0 Å². The normalized spacial score (nSPS) is 13.2. The molecule has 0 fully saturated rings. The molecule has 3 aromatic rings. The van der Waals surface area contributed by atoms with Gasteiger partial charge in [-0.2, -0.15) is 0 Å². The fraction of sp³-hybridized carbons (Fsp3) is 0.222. The van der Waals surface area contributed by atoms with Gasteiger partial charge < -0.3 is 36.8 Å². The van der Waals surface area contributed by atoms with Crippen molar-refractivity contribution >= 4 is 17.8 Å². The van der Waals surface area contributed by atoms with Crippen LogP contribution < -0.4 is 16.4 Å². The summed E-state index contributed by atoms with van der Waals surface area (Å²) >= 11 is 0. The molecule has 0 saturated carbocycles. The van der Waals surface area contributed by atoms with Crippen molar-refractivity contribution in [2.75, 3.05) is 0 Å². The van der Waals surface area contributed by atoms with Crippen molar-refractivity contribution in [1.29, 1.82) is 0 Å². The number of carbonyl (C=O) groups excluding carboxylic acids is 2. The molecule has 194 valence electrons. The molecule has 3 atom stereocenters. The number of hydrogen-bond donors (Lipinski definition) is 7. The highest BCUT2D eigenvalue weighted by molar-refractivity contribution is 5.92. The standard InChI is InChI=1S/C27H29N3O7/c28-22(13-16-1-7-19(31)8-2-16)25(34)29-23(14-17-3-9-20(32)10-4-17)26(35)30-24(27(36)37)15-18-5-11-21(33)12-6-18/h1-12,22-24,31-33H,13-15,28H2,(H,29,34)(H,30,35)(H,36,37)/t22-,23+,24+/m1/s1. The Balaban J connectivity index is 1.74. The van der Waals surface area contributed by atoms with E-state index in [9.17, 15) is 34.8 Å². The third-order valence-electron chi connectivity index (χ3n) is 5.73. The summed E-state index contributed by atoms with van der Waals surface area (Å²) in [4.78, 5) is 37.9. The molecule has 10 heteroatoms. The molecular formula is C27H29N3O7. The predicted molar refractivity (Wildman–Crippen MR) is 135 cm³/mol. The molecule has 0 unspecified atom stereocenters. The number of rotatable bonds is 11. The van der Waals surface area contributed by atoms with Gasteiger partial charge in [-0.1, -0.05) is 36.4 Å². The third kappa shape index (κ3) is 8.25. The summed E-state index contributed by atoms with van der Waals surface area (Å²) in [6.45, 7) is 0. The van der Waals surface area contributed by atoms with Crippen LogP contribution in [0.2, 0.25) is 0 Å². The van der Waals surface area contributed by atoms with Gasteiger partial charge in [0.25, 0.3) is 0 Å². The summed E-state index contributed by atoms with van der Waals surface area (Å²) in [7, 11) is 0. The van der Waals surface area contributed by atoms with Gasteiger partial charge in [0, 0.05) is 12.8 Å². The Morgan fingerprint density at radius 1 is 0.595 bits per heavy atom. The minimum atomic E-state index is -1.29. The molecule has 3 aromatic carbocycles. The quantitative estimate of drug-likeness (QED) is 0.202. The summed E-state index contributed by atoms with van der Waals surface area (Å²) in [5.41, 5.74) is 7.97. The van der Waals surface area contributed by atoms with Gasteiger partial charge in [-0.15, -0.1) is 0 Å². The fourth-order valence-corrected chi connectivity index (χ4v) is 3.67. The van der Waals surface area contributed by atoms with Gasteiger partial charge in [0.1, 0.15) is 29.3 Å². The Morgan fingerprint density at radius 2 is 0.946 bits per heavy atom. The summed E-state index contributed by atoms with van der Waals surface area (Å²) in [6.07, 6.45) is 0.134. The number of carboxylic acids is 1. The van der Waals surface area contributed by atoms with Crippen molar-refractivity contribution in [3.8, 4) is 17.2 Å². The number of carbonyl (C=O) groups is 3. The van der Waals surface area contributed by atoms with Crippen LogP contribution in [0.5, 0.6) is 17.2 Å². The van der Waals surface area contributed by atoms with E-state index in [2.05, 4.69) is 10.6 Å². The number of nitrogens with two attached hydrogens (primary N) is 1. The largest absolute Gasteiger partial charge is 0.508 e. The Bertz CT molecular complexity index is 1210. The van der Waals surface area contributed by atoms with Crippen molar-refractivity contribution in [2.24, 2.45) is 5.73 Å². The van der Waals surface area contributed by atoms with Crippen molar-refractivity contribution in [3.63, 3.8) is 0 Å². The smallest absolute Gasteiger partial charge is 0.326 e. The van der Waals surface area contributed by atoms with Crippen LogP contribution in [-0.2, 0) is 33.6 Å². The molecule has 0 saturated heterocycles. The highest BCUT2D eigenvalue weighted by Gasteiger charge is 2.28. The number of phenolic OH excluding ortho intramolecular Hbond substituents is 3. The van der Waals surface area contributed by atoms with Gasteiger partial charge in [-0.3, -0.25) is 9.59 Å². The van der Waals surface area contributed by atoms with E-state index >= 15 is 0 Å². The number of nitrogens with one attached hydrogen (secondary N) is 2. The van der Waals surface area contributed by atoms with Crippen molar-refractivity contribution < 1.29 is 34.8 Å². The molecule has 10 nitrogen and oxygen atoms in total. The number of hydrogen-bond acceptors (Lipinski definition) is 7. The lowest BCUT2D eigenvalue weighted by Gasteiger charge is -2.23. The molecular weight excluding hydrogens is 478 g/mol. The maximum Gasteiger partial charge on any atom is 0.326 e. The predicted octanol–water partition coefficient (Wildman–Crippen LogP) is 1.21. The average Bonchev–Trinajstić information content (AvgIpc) is 2.87. The lowest BCUT2D eigenvalue weighted by Crippen LogP contribution is -2.55. The van der Waals surface area contributed by atoms with Gasteiger partial charge in [0.05, 0.1) is 6.04 Å². The van der Waals surface area contributed by atoms with Gasteiger partial charge in [0.15, 0.2) is 0 Å². The summed E-state index contributed by atoms with van der Waals surface area (Å²) < 4.78 is 0. The highest BCUT2D eigenvalue weighted by atomic mass is 16.4. The van der Waals surface area contributed by atoms with Gasteiger partial charge in [0.2, 0.25) is 11.8 Å². The SMILES string of the molecule is N[C@H](Cc1ccc(O)cc1)C(=O)N[C@@H](Cc1ccc(O)cc1)C(=O)N[C@@H](Cc1ccc(O)cc1)C(=O)O. The van der Waals surface area contributed by atoms with Gasteiger partial charge >= 0.3 is 5.97 Å². The Morgan fingerprint density at radius 3 is 1.35 bits per heavy atom. The second-order valence-corrected chi connectivity index (χ2v) is 8.68. The molecule has 0 heterocycles. The number of aliphatic carboxylic acids is 1. The van der Waals surface area contributed by atoms with E-state index in [1.165, 1.54) is 36.4 Å². The van der Waals surface area contributed by atoms with Gasteiger partial charge in [-0.25, -0.2) is 4.79 Å². The zero-order valence-electron chi connectivity index (χ0n) is 19.9. The molecule has 2 amide bonds. The van der Waals surface area contributed by atoms with E-state index in [1.807, 2.05) is 0 Å². The number of benzene rings is 3. The summed E-state index contributed by atoms with van der Waals surface area (Å²) in [5.74, 6) is -2.46. The van der Waals surface area contributed by atoms with Crippen molar-refractivity contribution in [3.05, 3.63) is 89.5 Å². The summed E-state index contributed by atoms with van der Waals surface area (Å²) in [6, 6.07) is 14.7. The Labute approximate surface area is 213 Å². The topological polar surface area (TPSA) is 182 Å². The third-order valence-corrected chi connectivity index (χ3v) is 5.73. The van der Waals surface area contributed by atoms with Crippen molar-refractivity contribution in [1.82, 2.24) is 10.6 Å². The van der Waals surface area contributed by atoms with E-state index in [4.69, 9.17) is 5.73 Å². The first kappa shape index (κ1) is 27.0. The van der Waals surface area contributed by atoms with Crippen LogP contribution in [0.4, 0.5) is 0 Å². The van der Waals surface area contributed by atoms with E-state index < -0.39 is 35.9 Å². The molecule has 3 rings (SSSR count). The molecule has 0 aliphatic carbocycles. The molecule has 0 aliphatic rings. The van der Waals surface area contributed by atoms with Crippen LogP contribution in [-0.4, -0.2) is 56.3 Å². The van der Waals surface area contributed by atoms with Crippen LogP contribution >= 0.6 is 0 Å². The Hall–Kier alpha value is -4.57. The minimum absolute atomic E-state index is 0.0231. The first-order valence-corrected chi connectivity index (χ1v) is 11.5. The number of carboxylic acid groups (broad SMARTS) is 1. The number of phenols is 3. The maximum absolute atomic E-state index is 13.2. The van der Waals surface area contributed by atoms with E-state index in [0.717, 1.165) is 0 Å². The van der Waals surface area contributed by atoms with Crippen LogP contribution in [0.15, 0.2) is 72.8 Å². The molecule has 0 aromatic heterocycles. The Kier molecular flexibility index (Phi) is 9.06. The van der Waals surface area contributed by atoms with Crippen LogP contribution in [0.1, 0.15) is 16.7 Å². The monoisotopic (exact) mass is 507 g/mol. The minimum Gasteiger partial charge on any atom is -0.508 e. The maximum atomic E-state index is 13.2. The molecule has 0 bridgehead atoms. The second-order valence-electron chi connectivity index (χ2n) is 8.68. The zero-order valence-corrected chi connectivity index (χ0v) is 19.9. The number of amides is 2. The molecule has 8 N–H and O–H groups in total. The van der Waals surface area contributed by atoms with Crippen molar-refractivity contribution in [2.45, 2.75) is 37.4 Å². The highest BCUT2D eigenvalue weighted by Crippen LogP contribution is 2.14. The average molecular weight is 508 g/mol. The molecule has 37 heavy (non-hydrogen) atoms. The van der Waals surface area contributed by atoms with E-state index in [0.29, 0.717) is 16.7 Å². The first-order valence-electron chi connectivity index (χ1n) is 11.5. The van der Waals surface area contributed by atoms with Crippen LogP contribution in [0.3, 0.4) is 0 Å². The van der Waals surface area contributed by atoms with Gasteiger partial charge in [-0.05, 0) is 59.5 Å². The van der Waals surface area contributed by atoms with E-state index in [-0.39, 0.29) is 36.5 Å². The molecule has 0 aliphatic heterocycles. The second kappa shape index (κ2) is 12.4. The lowest BCUT2D eigenvalue weighted by molar-refractivity contribution is -0.142. The lowest BCUT2D eigenvalue weighted by atomic mass is 10.0. The molecule has 0 spiro atoms. The number of aromatic hydroxyl groups is 3. The molecule has 0 radical (unpaired) electrons. The first-order chi connectivity index (χ1) is 17.6. The zero-order chi connectivity index (χ0) is 26.9. The van der Waals surface area contributed by atoms with E-state index in [1.54, 1.807) is 36.4 Å². The van der Waals surface area contributed by atoms with Crippen LogP contribution in [0, 0.1) is 0 Å². The fourth-order valence-electron chi connectivity index (χ4n) is 3.67.